The maximum absolute atomic E-state index is 8.98. The molecule has 2 rings (SSSR count). The maximum atomic E-state index is 8.98. The van der Waals surface area contributed by atoms with Crippen LogP contribution in [0.3, 0.4) is 0 Å². The largest absolute Gasteiger partial charge is 0.496 e. The molecule has 0 aliphatic rings. The molecule has 19 heavy (non-hydrogen) atoms. The van der Waals surface area contributed by atoms with Gasteiger partial charge in [0.2, 0.25) is 5.95 Å². The first kappa shape index (κ1) is 12.8. The topological polar surface area (TPSA) is 84.8 Å². The second kappa shape index (κ2) is 5.36. The van der Waals surface area contributed by atoms with Crippen molar-refractivity contribution in [1.29, 1.82) is 5.26 Å². The van der Waals surface area contributed by atoms with E-state index in [-0.39, 0.29) is 5.95 Å². The van der Waals surface area contributed by atoms with Gasteiger partial charge in [0.05, 0.1) is 24.4 Å². The molecule has 0 saturated carbocycles. The van der Waals surface area contributed by atoms with Crippen LogP contribution in [0.25, 0.3) is 11.3 Å². The minimum Gasteiger partial charge on any atom is -0.496 e. The Hall–Kier alpha value is -2.61. The third-order valence-electron chi connectivity index (χ3n) is 2.76. The number of nitrogens with zero attached hydrogens (tertiary/aromatic N) is 3. The zero-order valence-electron chi connectivity index (χ0n) is 10.8. The number of nitriles is 1. The summed E-state index contributed by atoms with van der Waals surface area (Å²) < 4.78 is 5.30. The average molecular weight is 254 g/mol. The molecule has 0 amide bonds. The number of nitrogens with two attached hydrogens (primary N) is 1. The van der Waals surface area contributed by atoms with Crippen molar-refractivity contribution in [1.82, 2.24) is 9.97 Å². The monoisotopic (exact) mass is 254 g/mol. The summed E-state index contributed by atoms with van der Waals surface area (Å²) in [4.78, 5) is 8.35. The molecule has 2 aromatic rings. The molecule has 5 nitrogen and oxygen atoms in total. The number of benzene rings is 1. The van der Waals surface area contributed by atoms with Crippen molar-refractivity contribution in [3.05, 3.63) is 35.5 Å². The lowest BCUT2D eigenvalue weighted by Gasteiger charge is -2.09. The predicted octanol–water partition coefficient (Wildman–Crippen LogP) is 2.17. The Morgan fingerprint density at radius 3 is 2.74 bits per heavy atom. The number of nitrogen functional groups attached to an aromatic ring is 1. The summed E-state index contributed by atoms with van der Waals surface area (Å²) in [7, 11) is 1.58. The van der Waals surface area contributed by atoms with Crippen molar-refractivity contribution in [3.8, 4) is 23.1 Å². The highest BCUT2D eigenvalue weighted by Crippen LogP contribution is 2.30. The van der Waals surface area contributed by atoms with Crippen LogP contribution in [0.1, 0.15) is 18.2 Å². The summed E-state index contributed by atoms with van der Waals surface area (Å²) >= 11 is 0. The number of anilines is 1. The van der Waals surface area contributed by atoms with Crippen LogP contribution in [0.15, 0.2) is 24.3 Å². The van der Waals surface area contributed by atoms with Crippen LogP contribution in [0.4, 0.5) is 5.95 Å². The number of rotatable bonds is 3. The van der Waals surface area contributed by atoms with Crippen LogP contribution in [0.2, 0.25) is 0 Å². The molecule has 0 unspecified atom stereocenters. The van der Waals surface area contributed by atoms with E-state index in [0.717, 1.165) is 17.7 Å². The Balaban J connectivity index is 2.63. The quantitative estimate of drug-likeness (QED) is 0.907. The Bertz CT molecular complexity index is 646. The SMILES string of the molecule is CCc1cc(-c2cc(C#N)ccc2OC)nc(N)n1. The molecule has 2 N–H and O–H groups in total. The first-order chi connectivity index (χ1) is 9.17. The van der Waals surface area contributed by atoms with Crippen LogP contribution in [-0.2, 0) is 6.42 Å². The smallest absolute Gasteiger partial charge is 0.220 e. The lowest BCUT2D eigenvalue weighted by molar-refractivity contribution is 0.416. The van der Waals surface area contributed by atoms with Gasteiger partial charge in [-0.15, -0.1) is 0 Å². The molecule has 0 aliphatic carbocycles. The first-order valence-electron chi connectivity index (χ1n) is 5.90. The van der Waals surface area contributed by atoms with Crippen molar-refractivity contribution in [2.75, 3.05) is 12.8 Å². The van der Waals surface area contributed by atoms with E-state index < -0.39 is 0 Å². The van der Waals surface area contributed by atoms with Gasteiger partial charge in [-0.1, -0.05) is 6.92 Å². The fourth-order valence-electron chi connectivity index (χ4n) is 1.81. The second-order valence-corrected chi connectivity index (χ2v) is 3.98. The van der Waals surface area contributed by atoms with Crippen LogP contribution in [0, 0.1) is 11.3 Å². The molecule has 1 heterocycles. The fraction of sp³-hybridized carbons (Fsp3) is 0.214. The zero-order chi connectivity index (χ0) is 13.8. The number of methoxy groups -OCH3 is 1. The lowest BCUT2D eigenvalue weighted by atomic mass is 10.1. The highest BCUT2D eigenvalue weighted by atomic mass is 16.5. The van der Waals surface area contributed by atoms with Gasteiger partial charge < -0.3 is 10.5 Å². The number of aromatic nitrogens is 2. The normalized spacial score (nSPS) is 9.95. The molecule has 0 radical (unpaired) electrons. The van der Waals surface area contributed by atoms with E-state index in [1.54, 1.807) is 25.3 Å². The standard InChI is InChI=1S/C14H14N4O/c1-3-10-7-12(18-14(16)17-10)11-6-9(8-15)4-5-13(11)19-2/h4-7H,3H2,1-2H3,(H2,16,17,18). The molecule has 5 heteroatoms. The molecular formula is C14H14N4O. The number of ether oxygens (including phenoxy) is 1. The Morgan fingerprint density at radius 2 is 2.11 bits per heavy atom. The van der Waals surface area contributed by atoms with Gasteiger partial charge in [-0.2, -0.15) is 5.26 Å². The zero-order valence-corrected chi connectivity index (χ0v) is 10.8. The summed E-state index contributed by atoms with van der Waals surface area (Å²) in [6.07, 6.45) is 0.764. The van der Waals surface area contributed by atoms with E-state index in [1.165, 1.54) is 0 Å². The number of hydrogen-bond acceptors (Lipinski definition) is 5. The van der Waals surface area contributed by atoms with Crippen molar-refractivity contribution in [3.63, 3.8) is 0 Å². The van der Waals surface area contributed by atoms with Gasteiger partial charge in [-0.25, -0.2) is 9.97 Å². The highest BCUT2D eigenvalue weighted by Gasteiger charge is 2.10. The van der Waals surface area contributed by atoms with E-state index in [1.807, 2.05) is 13.0 Å². The lowest BCUT2D eigenvalue weighted by Crippen LogP contribution is -2.01. The molecule has 96 valence electrons. The van der Waals surface area contributed by atoms with E-state index in [0.29, 0.717) is 17.0 Å². The van der Waals surface area contributed by atoms with Crippen molar-refractivity contribution < 1.29 is 4.74 Å². The van der Waals surface area contributed by atoms with E-state index in [2.05, 4.69) is 16.0 Å². The fourth-order valence-corrected chi connectivity index (χ4v) is 1.81. The van der Waals surface area contributed by atoms with Gasteiger partial charge in [0, 0.05) is 11.3 Å². The third-order valence-corrected chi connectivity index (χ3v) is 2.76. The summed E-state index contributed by atoms with van der Waals surface area (Å²) in [5.41, 5.74) is 8.51. The number of aryl methyl sites for hydroxylation is 1. The first-order valence-corrected chi connectivity index (χ1v) is 5.90. The average Bonchev–Trinajstić information content (AvgIpc) is 2.45. The molecule has 1 aromatic heterocycles. The van der Waals surface area contributed by atoms with E-state index >= 15 is 0 Å². The van der Waals surface area contributed by atoms with E-state index in [4.69, 9.17) is 15.7 Å². The summed E-state index contributed by atoms with van der Waals surface area (Å²) in [6.45, 7) is 1.99. The summed E-state index contributed by atoms with van der Waals surface area (Å²) in [5.74, 6) is 0.873. The van der Waals surface area contributed by atoms with Crippen LogP contribution in [-0.4, -0.2) is 17.1 Å². The maximum Gasteiger partial charge on any atom is 0.220 e. The molecule has 0 spiro atoms. The van der Waals surface area contributed by atoms with Gasteiger partial charge in [0.25, 0.3) is 0 Å². The minimum atomic E-state index is 0.221. The summed E-state index contributed by atoms with van der Waals surface area (Å²) in [6, 6.07) is 9.14. The molecule has 1 aromatic carbocycles. The van der Waals surface area contributed by atoms with Crippen LogP contribution < -0.4 is 10.5 Å². The predicted molar refractivity (Wildman–Crippen MR) is 72.5 cm³/mol. The van der Waals surface area contributed by atoms with Crippen LogP contribution in [0.5, 0.6) is 5.75 Å². The highest BCUT2D eigenvalue weighted by molar-refractivity contribution is 5.70. The Labute approximate surface area is 111 Å². The molecule has 0 saturated heterocycles. The molecule has 0 atom stereocenters. The molecular weight excluding hydrogens is 240 g/mol. The molecule has 0 bridgehead atoms. The van der Waals surface area contributed by atoms with Crippen molar-refractivity contribution >= 4 is 5.95 Å². The third kappa shape index (κ3) is 2.63. The Kier molecular flexibility index (Phi) is 3.62. The minimum absolute atomic E-state index is 0.221. The Morgan fingerprint density at radius 1 is 1.32 bits per heavy atom. The number of hydrogen-bond donors (Lipinski definition) is 1. The molecule has 0 fully saturated rings. The van der Waals surface area contributed by atoms with E-state index in [9.17, 15) is 0 Å². The van der Waals surface area contributed by atoms with Crippen molar-refractivity contribution in [2.24, 2.45) is 0 Å². The van der Waals surface area contributed by atoms with Gasteiger partial charge in [0.1, 0.15) is 5.75 Å². The van der Waals surface area contributed by atoms with Gasteiger partial charge in [-0.3, -0.25) is 0 Å². The summed E-state index contributed by atoms with van der Waals surface area (Å²) in [5, 5.41) is 8.98. The van der Waals surface area contributed by atoms with Gasteiger partial charge in [-0.05, 0) is 30.7 Å². The van der Waals surface area contributed by atoms with Crippen LogP contribution >= 0.6 is 0 Å². The van der Waals surface area contributed by atoms with Gasteiger partial charge in [0.15, 0.2) is 0 Å². The van der Waals surface area contributed by atoms with Gasteiger partial charge >= 0.3 is 0 Å². The second-order valence-electron chi connectivity index (χ2n) is 3.98. The van der Waals surface area contributed by atoms with Crippen molar-refractivity contribution in [2.45, 2.75) is 13.3 Å². The molecule has 0 aliphatic heterocycles.